The molecule has 1 heterocycles. The van der Waals surface area contributed by atoms with E-state index in [1.54, 1.807) is 12.3 Å². The van der Waals surface area contributed by atoms with Gasteiger partial charge in [0, 0.05) is 5.39 Å². The van der Waals surface area contributed by atoms with Gasteiger partial charge in [-0.1, -0.05) is 18.2 Å². The number of ether oxygens (including phenoxy) is 2. The largest absolute Gasteiger partial charge is 0.488 e. The number of fused-ring (bicyclic) bond motifs is 1. The molecule has 1 N–H and O–H groups in total. The smallest absolute Gasteiger partial charge is 0.341 e. The highest BCUT2D eigenvalue weighted by atomic mass is 16.6. The van der Waals surface area contributed by atoms with Gasteiger partial charge in [0.05, 0.1) is 18.8 Å². The van der Waals surface area contributed by atoms with Gasteiger partial charge in [-0.15, -0.1) is 0 Å². The van der Waals surface area contributed by atoms with Crippen LogP contribution in [-0.2, 0) is 9.53 Å². The molecule has 0 bridgehead atoms. The molecule has 1 atom stereocenters. The zero-order chi connectivity index (χ0) is 13.9. The first-order chi connectivity index (χ1) is 9.03. The van der Waals surface area contributed by atoms with Crippen molar-refractivity contribution in [1.29, 1.82) is 0 Å². The van der Waals surface area contributed by atoms with Crippen molar-refractivity contribution in [3.63, 3.8) is 0 Å². The van der Waals surface area contributed by atoms with Crippen molar-refractivity contribution in [2.45, 2.75) is 12.5 Å². The Morgan fingerprint density at radius 1 is 1.42 bits per heavy atom. The van der Waals surface area contributed by atoms with Crippen LogP contribution in [0.25, 0.3) is 10.9 Å². The fourth-order valence-electron chi connectivity index (χ4n) is 1.63. The number of esters is 1. The van der Waals surface area contributed by atoms with Crippen LogP contribution in [-0.4, -0.2) is 35.4 Å². The summed E-state index contributed by atoms with van der Waals surface area (Å²) in [5.74, 6) is -0.246. The molecule has 0 saturated carbocycles. The first kappa shape index (κ1) is 13.3. The first-order valence-electron chi connectivity index (χ1n) is 5.81. The molecule has 5 heteroatoms. The number of hydrogen-bond donors (Lipinski definition) is 1. The van der Waals surface area contributed by atoms with Crippen LogP contribution in [0.3, 0.4) is 0 Å². The Morgan fingerprint density at radius 3 is 2.89 bits per heavy atom. The molecule has 0 saturated heterocycles. The standard InChI is InChI=1S/C14H15NO4/c1-14(17,13(16)18-2)9-19-11-7-10-5-3-4-6-12(10)15-8-11/h3-8,17H,9H2,1-2H3. The van der Waals surface area contributed by atoms with E-state index in [-0.39, 0.29) is 6.61 Å². The molecule has 0 aliphatic heterocycles. The quantitative estimate of drug-likeness (QED) is 0.845. The van der Waals surface area contributed by atoms with E-state index < -0.39 is 11.6 Å². The van der Waals surface area contributed by atoms with E-state index in [0.29, 0.717) is 5.75 Å². The second-order valence-electron chi connectivity index (χ2n) is 4.42. The third-order valence-corrected chi connectivity index (χ3v) is 2.71. The van der Waals surface area contributed by atoms with Gasteiger partial charge in [0.15, 0.2) is 5.60 Å². The van der Waals surface area contributed by atoms with Crippen LogP contribution in [0.15, 0.2) is 36.5 Å². The summed E-state index contributed by atoms with van der Waals surface area (Å²) >= 11 is 0. The monoisotopic (exact) mass is 261 g/mol. The van der Waals surface area contributed by atoms with Gasteiger partial charge in [-0.05, 0) is 19.1 Å². The molecule has 5 nitrogen and oxygen atoms in total. The highest BCUT2D eigenvalue weighted by molar-refractivity contribution is 5.80. The summed E-state index contributed by atoms with van der Waals surface area (Å²) in [7, 11) is 1.22. The molecule has 0 amide bonds. The van der Waals surface area contributed by atoms with Gasteiger partial charge in [0.1, 0.15) is 12.4 Å². The minimum absolute atomic E-state index is 0.195. The van der Waals surface area contributed by atoms with E-state index in [1.165, 1.54) is 14.0 Å². The Balaban J connectivity index is 2.12. The second-order valence-corrected chi connectivity index (χ2v) is 4.42. The van der Waals surface area contributed by atoms with Crippen LogP contribution in [0.5, 0.6) is 5.75 Å². The zero-order valence-corrected chi connectivity index (χ0v) is 10.8. The number of hydrogen-bond acceptors (Lipinski definition) is 5. The van der Waals surface area contributed by atoms with Gasteiger partial charge < -0.3 is 14.6 Å². The topological polar surface area (TPSA) is 68.7 Å². The lowest BCUT2D eigenvalue weighted by Gasteiger charge is -2.20. The molecular weight excluding hydrogens is 246 g/mol. The molecule has 0 aliphatic carbocycles. The first-order valence-corrected chi connectivity index (χ1v) is 5.81. The van der Waals surface area contributed by atoms with Crippen LogP contribution in [0.1, 0.15) is 6.92 Å². The van der Waals surface area contributed by atoms with Crippen LogP contribution in [0.2, 0.25) is 0 Å². The summed E-state index contributed by atoms with van der Waals surface area (Å²) in [5.41, 5.74) is -0.824. The second kappa shape index (κ2) is 5.24. The summed E-state index contributed by atoms with van der Waals surface area (Å²) in [6.45, 7) is 1.15. The number of carbonyl (C=O) groups is 1. The summed E-state index contributed by atoms with van der Waals surface area (Å²) in [6.07, 6.45) is 1.55. The van der Waals surface area contributed by atoms with Crippen molar-refractivity contribution < 1.29 is 19.4 Å². The Morgan fingerprint density at radius 2 is 2.16 bits per heavy atom. The van der Waals surface area contributed by atoms with E-state index >= 15 is 0 Å². The predicted molar refractivity (Wildman–Crippen MR) is 69.9 cm³/mol. The number of pyridine rings is 1. The highest BCUT2D eigenvalue weighted by Crippen LogP contribution is 2.19. The van der Waals surface area contributed by atoms with E-state index in [1.807, 2.05) is 24.3 Å². The van der Waals surface area contributed by atoms with E-state index in [0.717, 1.165) is 10.9 Å². The van der Waals surface area contributed by atoms with E-state index in [4.69, 9.17) is 4.74 Å². The van der Waals surface area contributed by atoms with Gasteiger partial charge in [0.25, 0.3) is 0 Å². The number of rotatable bonds is 4. The van der Waals surface area contributed by atoms with E-state index in [2.05, 4.69) is 9.72 Å². The van der Waals surface area contributed by atoms with Crippen molar-refractivity contribution in [3.8, 4) is 5.75 Å². The average Bonchev–Trinajstić information content (AvgIpc) is 2.44. The number of methoxy groups -OCH3 is 1. The molecule has 0 radical (unpaired) electrons. The molecule has 0 spiro atoms. The van der Waals surface area contributed by atoms with Crippen molar-refractivity contribution in [2.24, 2.45) is 0 Å². The van der Waals surface area contributed by atoms with Gasteiger partial charge in [-0.3, -0.25) is 4.98 Å². The van der Waals surface area contributed by atoms with Crippen molar-refractivity contribution in [3.05, 3.63) is 36.5 Å². The third kappa shape index (κ3) is 3.00. The number of nitrogens with zero attached hydrogens (tertiary/aromatic N) is 1. The highest BCUT2D eigenvalue weighted by Gasteiger charge is 2.32. The molecule has 0 aliphatic rings. The van der Waals surface area contributed by atoms with Crippen molar-refractivity contribution in [1.82, 2.24) is 4.98 Å². The maximum Gasteiger partial charge on any atom is 0.341 e. The van der Waals surface area contributed by atoms with E-state index in [9.17, 15) is 9.90 Å². The van der Waals surface area contributed by atoms with Crippen molar-refractivity contribution in [2.75, 3.05) is 13.7 Å². The third-order valence-electron chi connectivity index (χ3n) is 2.71. The fourth-order valence-corrected chi connectivity index (χ4v) is 1.63. The molecule has 2 rings (SSSR count). The Kier molecular flexibility index (Phi) is 3.66. The summed E-state index contributed by atoms with van der Waals surface area (Å²) in [5, 5.41) is 10.8. The molecule has 0 fully saturated rings. The molecule has 100 valence electrons. The molecule has 2 aromatic rings. The zero-order valence-electron chi connectivity index (χ0n) is 10.8. The lowest BCUT2D eigenvalue weighted by molar-refractivity contribution is -0.163. The molecule has 19 heavy (non-hydrogen) atoms. The molecule has 1 aromatic carbocycles. The van der Waals surface area contributed by atoms with Gasteiger partial charge >= 0.3 is 5.97 Å². The maximum atomic E-state index is 11.3. The van der Waals surface area contributed by atoms with Gasteiger partial charge in [-0.2, -0.15) is 0 Å². The predicted octanol–water partition coefficient (Wildman–Crippen LogP) is 1.54. The summed E-state index contributed by atoms with van der Waals surface area (Å²) in [6, 6.07) is 9.41. The molecule has 1 unspecified atom stereocenters. The summed E-state index contributed by atoms with van der Waals surface area (Å²) < 4.78 is 9.88. The van der Waals surface area contributed by atoms with Gasteiger partial charge in [0.2, 0.25) is 0 Å². The Hall–Kier alpha value is -2.14. The minimum atomic E-state index is -1.68. The number of aliphatic hydroxyl groups is 1. The average molecular weight is 261 g/mol. The fraction of sp³-hybridized carbons (Fsp3) is 0.286. The van der Waals surface area contributed by atoms with Crippen LogP contribution in [0.4, 0.5) is 0 Å². The van der Waals surface area contributed by atoms with Gasteiger partial charge in [-0.25, -0.2) is 4.79 Å². The number of para-hydroxylation sites is 1. The lowest BCUT2D eigenvalue weighted by atomic mass is 10.1. The van der Waals surface area contributed by atoms with Crippen LogP contribution < -0.4 is 4.74 Å². The Bertz CT molecular complexity index is 595. The van der Waals surface area contributed by atoms with Crippen molar-refractivity contribution >= 4 is 16.9 Å². The SMILES string of the molecule is COC(=O)C(C)(O)COc1cnc2ccccc2c1. The number of carbonyl (C=O) groups excluding carboxylic acids is 1. The summed E-state index contributed by atoms with van der Waals surface area (Å²) in [4.78, 5) is 15.5. The number of benzene rings is 1. The maximum absolute atomic E-state index is 11.3. The normalized spacial score (nSPS) is 13.8. The molecule has 1 aromatic heterocycles. The van der Waals surface area contributed by atoms with Crippen LogP contribution in [0, 0.1) is 0 Å². The lowest BCUT2D eigenvalue weighted by Crippen LogP contribution is -2.42. The minimum Gasteiger partial charge on any atom is -0.488 e. The van der Waals surface area contributed by atoms with Crippen LogP contribution >= 0.6 is 0 Å². The Labute approximate surface area is 110 Å². The molecular formula is C14H15NO4. The number of aromatic nitrogens is 1.